The molecule has 8 N–H and O–H groups in total. The number of benzene rings is 2. The quantitative estimate of drug-likeness (QED) is 0.118. The molecule has 0 aromatic heterocycles. The molecule has 2 aromatic rings. The highest BCUT2D eigenvalue weighted by atomic mass is 16.6. The van der Waals surface area contributed by atoms with Crippen LogP contribution in [0.15, 0.2) is 72.5 Å². The van der Waals surface area contributed by atoms with Gasteiger partial charge in [-0.1, -0.05) is 60.7 Å². The summed E-state index contributed by atoms with van der Waals surface area (Å²) in [6, 6.07) is 19.9. The van der Waals surface area contributed by atoms with Crippen LogP contribution in [0.3, 0.4) is 0 Å². The lowest BCUT2D eigenvalue weighted by Crippen LogP contribution is -2.52. The highest BCUT2D eigenvalue weighted by molar-refractivity contribution is 5.81. The minimum absolute atomic E-state index is 0.175. The molecule has 0 spiro atoms. The Labute approximate surface area is 263 Å². The first-order valence-electron chi connectivity index (χ1n) is 15.8. The van der Waals surface area contributed by atoms with Gasteiger partial charge in [0.1, 0.15) is 12.0 Å². The maximum Gasteiger partial charge on any atom is 0.415 e. The molecular weight excluding hydrogens is 554 g/mol. The Kier molecular flexibility index (Phi) is 13.8. The molecule has 0 saturated carbocycles. The molecule has 1 fully saturated rings. The minimum atomic E-state index is -0.703. The van der Waals surface area contributed by atoms with Crippen molar-refractivity contribution in [2.45, 2.75) is 82.2 Å². The Morgan fingerprint density at radius 3 is 2.20 bits per heavy atom. The van der Waals surface area contributed by atoms with Gasteiger partial charge >= 0.3 is 6.09 Å². The summed E-state index contributed by atoms with van der Waals surface area (Å²) >= 11 is 0. The van der Waals surface area contributed by atoms with E-state index < -0.39 is 23.8 Å². The Hall–Kier alpha value is -3.28. The van der Waals surface area contributed by atoms with Gasteiger partial charge in [0.15, 0.2) is 0 Å². The number of carbonyl (C=O) groups is 2. The number of hydrogen-bond acceptors (Lipinski definition) is 8. The van der Waals surface area contributed by atoms with Crippen LogP contribution in [-0.4, -0.2) is 79.9 Å². The van der Waals surface area contributed by atoms with Crippen molar-refractivity contribution in [2.24, 2.45) is 17.2 Å². The molecule has 0 radical (unpaired) electrons. The van der Waals surface area contributed by atoms with Crippen LogP contribution in [0.25, 0.3) is 0 Å². The summed E-state index contributed by atoms with van der Waals surface area (Å²) in [5.74, 6) is 0.356. The smallest absolute Gasteiger partial charge is 0.414 e. The van der Waals surface area contributed by atoms with E-state index in [9.17, 15) is 9.59 Å². The third-order valence-corrected chi connectivity index (χ3v) is 8.68. The SMILES string of the molecule is C/C=C(\OC(=O)N1CCCCC1CNC(=O)[C@@H](N)CCCNC(N)N)C(CC(C)N(C)C)(c1ccccc1)c1ccccc1. The van der Waals surface area contributed by atoms with Crippen LogP contribution in [0.4, 0.5) is 4.79 Å². The molecule has 1 heterocycles. The zero-order valence-electron chi connectivity index (χ0n) is 26.9. The van der Waals surface area contributed by atoms with E-state index in [1.54, 1.807) is 4.90 Å². The van der Waals surface area contributed by atoms with Gasteiger partial charge in [-0.3, -0.25) is 10.1 Å². The van der Waals surface area contributed by atoms with Gasteiger partial charge in [0, 0.05) is 19.1 Å². The van der Waals surface area contributed by atoms with E-state index in [0.29, 0.717) is 44.7 Å². The molecule has 1 saturated heterocycles. The molecule has 44 heavy (non-hydrogen) atoms. The Balaban J connectivity index is 1.82. The summed E-state index contributed by atoms with van der Waals surface area (Å²) in [7, 11) is 4.13. The first-order valence-corrected chi connectivity index (χ1v) is 15.8. The van der Waals surface area contributed by atoms with Gasteiger partial charge in [-0.2, -0.15) is 0 Å². The van der Waals surface area contributed by atoms with Gasteiger partial charge in [-0.25, -0.2) is 4.79 Å². The number of amides is 2. The van der Waals surface area contributed by atoms with Crippen molar-refractivity contribution >= 4 is 12.0 Å². The number of ether oxygens (including phenoxy) is 1. The first-order chi connectivity index (χ1) is 21.1. The number of likely N-dealkylation sites (tertiary alicyclic amines) is 1. The molecule has 0 bridgehead atoms. The van der Waals surface area contributed by atoms with Crippen LogP contribution in [0, 0.1) is 0 Å². The van der Waals surface area contributed by atoms with Gasteiger partial charge < -0.3 is 37.1 Å². The van der Waals surface area contributed by atoms with Crippen molar-refractivity contribution in [1.29, 1.82) is 0 Å². The van der Waals surface area contributed by atoms with E-state index in [1.165, 1.54) is 0 Å². The average Bonchev–Trinajstić information content (AvgIpc) is 3.03. The summed E-state index contributed by atoms with van der Waals surface area (Å²) in [5, 5.41) is 5.88. The van der Waals surface area contributed by atoms with E-state index in [2.05, 4.69) is 60.8 Å². The van der Waals surface area contributed by atoms with E-state index in [-0.39, 0.29) is 18.0 Å². The monoisotopic (exact) mass is 607 g/mol. The normalized spacial score (nSPS) is 17.4. The van der Waals surface area contributed by atoms with E-state index in [0.717, 1.165) is 30.4 Å². The van der Waals surface area contributed by atoms with Crippen molar-refractivity contribution in [1.82, 2.24) is 20.4 Å². The Bertz CT molecular complexity index is 1150. The van der Waals surface area contributed by atoms with Gasteiger partial charge in [0.25, 0.3) is 0 Å². The topological polar surface area (TPSA) is 152 Å². The average molecular weight is 608 g/mol. The lowest BCUT2D eigenvalue weighted by Gasteiger charge is -2.41. The molecule has 1 aliphatic heterocycles. The number of hydrogen-bond donors (Lipinski definition) is 5. The molecule has 0 aliphatic carbocycles. The highest BCUT2D eigenvalue weighted by Crippen LogP contribution is 2.44. The van der Waals surface area contributed by atoms with E-state index in [4.69, 9.17) is 21.9 Å². The summed E-state index contributed by atoms with van der Waals surface area (Å²) in [6.07, 6.45) is 5.41. The molecule has 2 aromatic carbocycles. The van der Waals surface area contributed by atoms with Crippen LogP contribution in [0.2, 0.25) is 0 Å². The molecule has 1 aliphatic rings. The fourth-order valence-electron chi connectivity index (χ4n) is 5.93. The fraction of sp³-hybridized carbons (Fsp3) is 0.529. The molecule has 2 amide bonds. The summed E-state index contributed by atoms with van der Waals surface area (Å²) in [6.45, 7) is 5.57. The maximum atomic E-state index is 14.0. The molecule has 242 valence electrons. The summed E-state index contributed by atoms with van der Waals surface area (Å²) in [5.41, 5.74) is 18.5. The standard InChI is InChI=1S/C34H53N7O3/c1-5-30(34(23-25(2)40(3)4,26-15-8-6-9-16-26)27-17-10-7-11-18-27)44-33(43)41-22-13-12-19-28(41)24-39-31(42)29(35)20-14-21-38-32(36)37/h5-11,15-18,25,28-29,32,38H,12-14,19-24,35-37H2,1-4H3,(H,39,42)/b30-5-/t25?,28?,29-/m0/s1. The maximum absolute atomic E-state index is 14.0. The first kappa shape index (κ1) is 35.2. The number of piperidine rings is 1. The minimum Gasteiger partial charge on any atom is -0.414 e. The number of nitrogens with two attached hydrogens (primary N) is 3. The van der Waals surface area contributed by atoms with Crippen molar-refractivity contribution in [2.75, 3.05) is 33.7 Å². The molecule has 10 nitrogen and oxygen atoms in total. The van der Waals surface area contributed by atoms with Crippen LogP contribution in [-0.2, 0) is 14.9 Å². The van der Waals surface area contributed by atoms with E-state index >= 15 is 0 Å². The predicted molar refractivity (Wildman–Crippen MR) is 176 cm³/mol. The molecule has 2 unspecified atom stereocenters. The summed E-state index contributed by atoms with van der Waals surface area (Å²) in [4.78, 5) is 30.7. The third kappa shape index (κ3) is 9.36. The van der Waals surface area contributed by atoms with E-state index in [1.807, 2.05) is 49.4 Å². The number of nitrogens with one attached hydrogen (secondary N) is 2. The van der Waals surface area contributed by atoms with Crippen molar-refractivity contribution < 1.29 is 14.3 Å². The number of nitrogens with zero attached hydrogens (tertiary/aromatic N) is 2. The predicted octanol–water partition coefficient (Wildman–Crippen LogP) is 3.22. The third-order valence-electron chi connectivity index (χ3n) is 8.68. The second-order valence-electron chi connectivity index (χ2n) is 12.0. The molecule has 3 rings (SSSR count). The number of allylic oxidation sites excluding steroid dienone is 2. The molecule has 10 heteroatoms. The van der Waals surface area contributed by atoms with Gasteiger partial charge in [0.05, 0.1) is 17.5 Å². The lowest BCUT2D eigenvalue weighted by molar-refractivity contribution is -0.122. The van der Waals surface area contributed by atoms with Gasteiger partial charge in [-0.15, -0.1) is 0 Å². The summed E-state index contributed by atoms with van der Waals surface area (Å²) < 4.78 is 6.43. The second-order valence-corrected chi connectivity index (χ2v) is 12.0. The van der Waals surface area contributed by atoms with Crippen LogP contribution < -0.4 is 27.8 Å². The van der Waals surface area contributed by atoms with Crippen LogP contribution >= 0.6 is 0 Å². The van der Waals surface area contributed by atoms with Crippen LogP contribution in [0.5, 0.6) is 0 Å². The number of rotatable bonds is 15. The Morgan fingerprint density at radius 2 is 1.66 bits per heavy atom. The second kappa shape index (κ2) is 17.3. The highest BCUT2D eigenvalue weighted by Gasteiger charge is 2.43. The van der Waals surface area contributed by atoms with Gasteiger partial charge in [-0.05, 0) is 90.2 Å². The zero-order valence-corrected chi connectivity index (χ0v) is 26.9. The van der Waals surface area contributed by atoms with Crippen molar-refractivity contribution in [3.8, 4) is 0 Å². The lowest BCUT2D eigenvalue weighted by atomic mass is 9.68. The Morgan fingerprint density at radius 1 is 1.05 bits per heavy atom. The number of carbonyl (C=O) groups excluding carboxylic acids is 2. The fourth-order valence-corrected chi connectivity index (χ4v) is 5.93. The molecular formula is C34H53N7O3. The zero-order chi connectivity index (χ0) is 32.1. The van der Waals surface area contributed by atoms with Crippen LogP contribution in [0.1, 0.15) is 63.5 Å². The molecule has 3 atom stereocenters. The van der Waals surface area contributed by atoms with Crippen molar-refractivity contribution in [3.05, 3.63) is 83.6 Å². The van der Waals surface area contributed by atoms with Gasteiger partial charge in [0.2, 0.25) is 5.91 Å². The van der Waals surface area contributed by atoms with Crippen molar-refractivity contribution in [3.63, 3.8) is 0 Å². The largest absolute Gasteiger partial charge is 0.415 e.